The fraction of sp³-hybridized carbons (Fsp3) is 0.154. The molecule has 0 amide bonds. The van der Waals surface area contributed by atoms with Gasteiger partial charge in [0.1, 0.15) is 17.1 Å². The Morgan fingerprint density at radius 1 is 1.06 bits per heavy atom. The SMILES string of the molecule is COc1cccc(OC)c1C(=O)c1cccs1. The van der Waals surface area contributed by atoms with Gasteiger partial charge in [-0.3, -0.25) is 4.79 Å². The number of hydrogen-bond acceptors (Lipinski definition) is 4. The van der Waals surface area contributed by atoms with Crippen molar-refractivity contribution in [1.29, 1.82) is 0 Å². The van der Waals surface area contributed by atoms with E-state index in [2.05, 4.69) is 0 Å². The van der Waals surface area contributed by atoms with Gasteiger partial charge < -0.3 is 9.47 Å². The zero-order valence-corrected chi connectivity index (χ0v) is 10.4. The van der Waals surface area contributed by atoms with Crippen molar-refractivity contribution in [1.82, 2.24) is 0 Å². The van der Waals surface area contributed by atoms with Gasteiger partial charge >= 0.3 is 0 Å². The third kappa shape index (κ3) is 2.17. The molecule has 0 aliphatic carbocycles. The molecule has 0 unspecified atom stereocenters. The highest BCUT2D eigenvalue weighted by Gasteiger charge is 2.20. The van der Waals surface area contributed by atoms with Gasteiger partial charge in [0.15, 0.2) is 0 Å². The summed E-state index contributed by atoms with van der Waals surface area (Å²) < 4.78 is 10.4. The smallest absolute Gasteiger partial charge is 0.210 e. The largest absolute Gasteiger partial charge is 0.496 e. The predicted octanol–water partition coefficient (Wildman–Crippen LogP) is 3.00. The lowest BCUT2D eigenvalue weighted by Gasteiger charge is -2.10. The highest BCUT2D eigenvalue weighted by atomic mass is 32.1. The molecule has 0 aliphatic heterocycles. The van der Waals surface area contributed by atoms with Gasteiger partial charge in [-0.25, -0.2) is 0 Å². The van der Waals surface area contributed by atoms with Crippen molar-refractivity contribution in [3.05, 3.63) is 46.2 Å². The highest BCUT2D eigenvalue weighted by molar-refractivity contribution is 7.12. The fourth-order valence-electron chi connectivity index (χ4n) is 1.61. The van der Waals surface area contributed by atoms with Crippen LogP contribution in [0.25, 0.3) is 0 Å². The monoisotopic (exact) mass is 248 g/mol. The Balaban J connectivity index is 2.53. The minimum Gasteiger partial charge on any atom is -0.496 e. The van der Waals surface area contributed by atoms with Crippen LogP contribution in [0, 0.1) is 0 Å². The summed E-state index contributed by atoms with van der Waals surface area (Å²) >= 11 is 1.40. The molecule has 17 heavy (non-hydrogen) atoms. The fourth-order valence-corrected chi connectivity index (χ4v) is 2.28. The standard InChI is InChI=1S/C13H12O3S/c1-15-9-5-3-6-10(16-2)12(9)13(14)11-7-4-8-17-11/h3-8H,1-2H3. The molecule has 3 nitrogen and oxygen atoms in total. The molecule has 1 aromatic heterocycles. The lowest BCUT2D eigenvalue weighted by atomic mass is 10.1. The van der Waals surface area contributed by atoms with Crippen molar-refractivity contribution < 1.29 is 14.3 Å². The Morgan fingerprint density at radius 3 is 2.18 bits per heavy atom. The van der Waals surface area contributed by atoms with Gasteiger partial charge in [-0.2, -0.15) is 0 Å². The third-order valence-electron chi connectivity index (χ3n) is 2.40. The molecule has 2 aromatic rings. The zero-order valence-electron chi connectivity index (χ0n) is 9.60. The molecule has 2 rings (SSSR count). The predicted molar refractivity (Wildman–Crippen MR) is 67.3 cm³/mol. The second-order valence-electron chi connectivity index (χ2n) is 3.34. The number of rotatable bonds is 4. The van der Waals surface area contributed by atoms with E-state index in [9.17, 15) is 4.79 Å². The summed E-state index contributed by atoms with van der Waals surface area (Å²) in [7, 11) is 3.08. The lowest BCUT2D eigenvalue weighted by molar-refractivity contribution is 0.103. The van der Waals surface area contributed by atoms with E-state index in [4.69, 9.17) is 9.47 Å². The van der Waals surface area contributed by atoms with Gasteiger partial charge in [0, 0.05) is 0 Å². The number of carbonyl (C=O) groups excluding carboxylic acids is 1. The van der Waals surface area contributed by atoms with Gasteiger partial charge in [-0.15, -0.1) is 11.3 Å². The minimum absolute atomic E-state index is 0.0747. The molecule has 0 radical (unpaired) electrons. The van der Waals surface area contributed by atoms with E-state index >= 15 is 0 Å². The van der Waals surface area contributed by atoms with Crippen LogP contribution in [0.2, 0.25) is 0 Å². The van der Waals surface area contributed by atoms with Crippen molar-refractivity contribution in [3.8, 4) is 11.5 Å². The number of benzene rings is 1. The number of ether oxygens (including phenoxy) is 2. The Bertz CT molecular complexity index is 495. The summed E-state index contributed by atoms with van der Waals surface area (Å²) in [5.74, 6) is 0.986. The van der Waals surface area contributed by atoms with Gasteiger partial charge in [0.05, 0.1) is 19.1 Å². The minimum atomic E-state index is -0.0747. The first-order chi connectivity index (χ1) is 8.27. The maximum absolute atomic E-state index is 12.3. The molecule has 0 fully saturated rings. The normalized spacial score (nSPS) is 10.0. The molecule has 0 saturated carbocycles. The van der Waals surface area contributed by atoms with Crippen LogP contribution in [0.1, 0.15) is 15.2 Å². The molecule has 1 aromatic carbocycles. The van der Waals surface area contributed by atoms with Gasteiger partial charge in [0.25, 0.3) is 0 Å². The number of hydrogen-bond donors (Lipinski definition) is 0. The molecule has 0 saturated heterocycles. The second kappa shape index (κ2) is 5.01. The number of methoxy groups -OCH3 is 2. The van der Waals surface area contributed by atoms with Crippen molar-refractivity contribution in [2.24, 2.45) is 0 Å². The Morgan fingerprint density at radius 2 is 1.71 bits per heavy atom. The summed E-state index contributed by atoms with van der Waals surface area (Å²) in [6.07, 6.45) is 0. The lowest BCUT2D eigenvalue weighted by Crippen LogP contribution is -2.04. The Labute approximate surface area is 104 Å². The van der Waals surface area contributed by atoms with Gasteiger partial charge in [-0.1, -0.05) is 12.1 Å². The van der Waals surface area contributed by atoms with Gasteiger partial charge in [-0.05, 0) is 23.6 Å². The Kier molecular flexibility index (Phi) is 3.44. The van der Waals surface area contributed by atoms with E-state index in [-0.39, 0.29) is 5.78 Å². The second-order valence-corrected chi connectivity index (χ2v) is 4.29. The molecule has 0 N–H and O–H groups in total. The molecule has 0 atom stereocenters. The van der Waals surface area contributed by atoms with Crippen molar-refractivity contribution in [2.75, 3.05) is 14.2 Å². The quantitative estimate of drug-likeness (QED) is 0.780. The van der Waals surface area contributed by atoms with Crippen molar-refractivity contribution in [2.45, 2.75) is 0 Å². The molecule has 0 bridgehead atoms. The van der Waals surface area contributed by atoms with E-state index in [0.717, 1.165) is 0 Å². The molecule has 88 valence electrons. The van der Waals surface area contributed by atoms with Crippen LogP contribution in [-0.2, 0) is 0 Å². The van der Waals surface area contributed by atoms with E-state index in [0.29, 0.717) is 21.9 Å². The summed E-state index contributed by atoms with van der Waals surface area (Å²) in [5, 5.41) is 1.87. The zero-order chi connectivity index (χ0) is 12.3. The van der Waals surface area contributed by atoms with Crippen LogP contribution >= 0.6 is 11.3 Å². The summed E-state index contributed by atoms with van der Waals surface area (Å²) in [4.78, 5) is 13.0. The van der Waals surface area contributed by atoms with E-state index in [1.165, 1.54) is 11.3 Å². The van der Waals surface area contributed by atoms with Crippen LogP contribution in [0.5, 0.6) is 11.5 Å². The summed E-state index contributed by atoms with van der Waals surface area (Å²) in [6.45, 7) is 0. The van der Waals surface area contributed by atoms with E-state index < -0.39 is 0 Å². The van der Waals surface area contributed by atoms with Crippen molar-refractivity contribution in [3.63, 3.8) is 0 Å². The number of ketones is 1. The molecule has 0 spiro atoms. The maximum atomic E-state index is 12.3. The maximum Gasteiger partial charge on any atom is 0.210 e. The molecular weight excluding hydrogens is 236 g/mol. The first kappa shape index (κ1) is 11.7. The van der Waals surface area contributed by atoms with Crippen LogP contribution in [-0.4, -0.2) is 20.0 Å². The van der Waals surface area contributed by atoms with E-state index in [1.54, 1.807) is 38.5 Å². The number of thiophene rings is 1. The summed E-state index contributed by atoms with van der Waals surface area (Å²) in [5.41, 5.74) is 0.472. The average molecular weight is 248 g/mol. The third-order valence-corrected chi connectivity index (χ3v) is 3.27. The Hall–Kier alpha value is -1.81. The highest BCUT2D eigenvalue weighted by Crippen LogP contribution is 2.31. The first-order valence-electron chi connectivity index (χ1n) is 5.07. The van der Waals surface area contributed by atoms with Crippen LogP contribution in [0.3, 0.4) is 0 Å². The topological polar surface area (TPSA) is 35.5 Å². The van der Waals surface area contributed by atoms with E-state index in [1.807, 2.05) is 11.4 Å². The van der Waals surface area contributed by atoms with Crippen LogP contribution < -0.4 is 9.47 Å². The molecule has 1 heterocycles. The van der Waals surface area contributed by atoms with Gasteiger partial charge in [0.2, 0.25) is 5.78 Å². The average Bonchev–Trinajstić information content (AvgIpc) is 2.90. The summed E-state index contributed by atoms with van der Waals surface area (Å²) in [6, 6.07) is 8.94. The van der Waals surface area contributed by atoms with Crippen molar-refractivity contribution >= 4 is 17.1 Å². The van der Waals surface area contributed by atoms with Crippen LogP contribution in [0.15, 0.2) is 35.7 Å². The molecule has 0 aliphatic rings. The number of carbonyl (C=O) groups is 1. The van der Waals surface area contributed by atoms with Crippen LogP contribution in [0.4, 0.5) is 0 Å². The molecule has 4 heteroatoms. The molecular formula is C13H12O3S. The first-order valence-corrected chi connectivity index (χ1v) is 5.95.